The molecule has 1 aromatic carbocycles. The number of aliphatic carboxylic acids is 1. The number of ether oxygens (including phenoxy) is 2. The van der Waals surface area contributed by atoms with Crippen molar-refractivity contribution in [3.05, 3.63) is 23.8 Å². The molecule has 0 aliphatic rings. The van der Waals surface area contributed by atoms with Gasteiger partial charge in [-0.25, -0.2) is 4.79 Å². The van der Waals surface area contributed by atoms with Crippen molar-refractivity contribution < 1.29 is 19.4 Å². The molecule has 0 radical (unpaired) electrons. The lowest BCUT2D eigenvalue weighted by atomic mass is 10.2. The van der Waals surface area contributed by atoms with E-state index in [1.165, 1.54) is 0 Å². The average Bonchev–Trinajstić information content (AvgIpc) is 2.40. The average molecular weight is 267 g/mol. The minimum absolute atomic E-state index is 0.400. The second-order valence-corrected chi connectivity index (χ2v) is 4.15. The van der Waals surface area contributed by atoms with Gasteiger partial charge in [0.2, 0.25) is 0 Å². The Hall–Kier alpha value is -1.75. The van der Waals surface area contributed by atoms with Crippen molar-refractivity contribution >= 4 is 5.97 Å². The second kappa shape index (κ2) is 7.63. The molecule has 0 fully saturated rings. The lowest BCUT2D eigenvalue weighted by Gasteiger charge is -2.17. The van der Waals surface area contributed by atoms with Crippen LogP contribution in [0.15, 0.2) is 18.2 Å². The first-order chi connectivity index (χ1) is 9.12. The molecular weight excluding hydrogens is 246 g/mol. The minimum Gasteiger partial charge on any atom is -0.490 e. The maximum Gasteiger partial charge on any atom is 0.344 e. The quantitative estimate of drug-likeness (QED) is 0.754. The van der Waals surface area contributed by atoms with E-state index in [0.717, 1.165) is 12.0 Å². The summed E-state index contributed by atoms with van der Waals surface area (Å²) in [5.41, 5.74) is 6.49. The van der Waals surface area contributed by atoms with Gasteiger partial charge in [0.05, 0.1) is 6.61 Å². The molecule has 0 saturated carbocycles. The van der Waals surface area contributed by atoms with E-state index in [-0.39, 0.29) is 0 Å². The van der Waals surface area contributed by atoms with E-state index in [4.69, 9.17) is 20.3 Å². The third-order valence-corrected chi connectivity index (χ3v) is 2.64. The Balaban J connectivity index is 2.94. The van der Waals surface area contributed by atoms with Crippen molar-refractivity contribution in [1.82, 2.24) is 0 Å². The van der Waals surface area contributed by atoms with E-state index in [9.17, 15) is 4.79 Å². The van der Waals surface area contributed by atoms with Gasteiger partial charge in [-0.1, -0.05) is 19.4 Å². The molecule has 0 saturated heterocycles. The standard InChI is InChI=1S/C14H21NO4/c1-3-5-12(14(16)17)19-11-7-6-10(9-15)8-13(11)18-4-2/h6-8,12H,3-5,9,15H2,1-2H3,(H,16,17). The monoisotopic (exact) mass is 267 g/mol. The Kier molecular flexibility index (Phi) is 6.15. The first-order valence-corrected chi connectivity index (χ1v) is 6.47. The fraction of sp³-hybridized carbons (Fsp3) is 0.500. The number of carboxylic acid groups (broad SMARTS) is 1. The highest BCUT2D eigenvalue weighted by atomic mass is 16.5. The first-order valence-electron chi connectivity index (χ1n) is 6.47. The van der Waals surface area contributed by atoms with Gasteiger partial charge in [-0.3, -0.25) is 0 Å². The van der Waals surface area contributed by atoms with Crippen LogP contribution in [0.2, 0.25) is 0 Å². The topological polar surface area (TPSA) is 81.8 Å². The van der Waals surface area contributed by atoms with Crippen molar-refractivity contribution in [3.8, 4) is 11.5 Å². The van der Waals surface area contributed by atoms with Crippen molar-refractivity contribution in [2.75, 3.05) is 6.61 Å². The number of rotatable bonds is 8. The first kappa shape index (κ1) is 15.3. The van der Waals surface area contributed by atoms with Crippen LogP contribution in [-0.4, -0.2) is 23.8 Å². The second-order valence-electron chi connectivity index (χ2n) is 4.15. The fourth-order valence-corrected chi connectivity index (χ4v) is 1.69. The van der Waals surface area contributed by atoms with Crippen LogP contribution >= 0.6 is 0 Å². The molecule has 19 heavy (non-hydrogen) atoms. The molecule has 0 heterocycles. The predicted molar refractivity (Wildman–Crippen MR) is 72.5 cm³/mol. The molecule has 0 bridgehead atoms. The molecule has 1 unspecified atom stereocenters. The molecule has 1 atom stereocenters. The lowest BCUT2D eigenvalue weighted by Crippen LogP contribution is -2.27. The van der Waals surface area contributed by atoms with Crippen LogP contribution in [0.1, 0.15) is 32.3 Å². The number of hydrogen-bond donors (Lipinski definition) is 2. The zero-order valence-corrected chi connectivity index (χ0v) is 11.4. The molecule has 0 spiro atoms. The van der Waals surface area contributed by atoms with E-state index >= 15 is 0 Å². The van der Waals surface area contributed by atoms with Crippen LogP contribution in [-0.2, 0) is 11.3 Å². The Labute approximate surface area is 113 Å². The Bertz CT molecular complexity index is 420. The zero-order chi connectivity index (χ0) is 14.3. The maximum absolute atomic E-state index is 11.1. The van der Waals surface area contributed by atoms with Gasteiger partial charge in [-0.2, -0.15) is 0 Å². The number of benzene rings is 1. The number of nitrogens with two attached hydrogens (primary N) is 1. The molecule has 5 nitrogen and oxygen atoms in total. The van der Waals surface area contributed by atoms with Crippen LogP contribution < -0.4 is 15.2 Å². The maximum atomic E-state index is 11.1. The molecule has 3 N–H and O–H groups in total. The summed E-state index contributed by atoms with van der Waals surface area (Å²) in [6.45, 7) is 4.66. The molecule has 0 aromatic heterocycles. The van der Waals surface area contributed by atoms with Crippen molar-refractivity contribution in [3.63, 3.8) is 0 Å². The van der Waals surface area contributed by atoms with Crippen LogP contribution in [0, 0.1) is 0 Å². The van der Waals surface area contributed by atoms with Crippen molar-refractivity contribution in [2.45, 2.75) is 39.3 Å². The molecule has 5 heteroatoms. The molecule has 0 aliphatic heterocycles. The highest BCUT2D eigenvalue weighted by Gasteiger charge is 2.20. The van der Waals surface area contributed by atoms with Crippen LogP contribution in [0.5, 0.6) is 11.5 Å². The fourth-order valence-electron chi connectivity index (χ4n) is 1.69. The highest BCUT2D eigenvalue weighted by molar-refractivity contribution is 5.72. The van der Waals surface area contributed by atoms with Gasteiger partial charge in [-0.15, -0.1) is 0 Å². The SMILES string of the molecule is CCCC(Oc1ccc(CN)cc1OCC)C(=O)O. The van der Waals surface area contributed by atoms with Crippen LogP contribution in [0.4, 0.5) is 0 Å². The third-order valence-electron chi connectivity index (χ3n) is 2.64. The summed E-state index contributed by atoms with van der Waals surface area (Å²) in [6, 6.07) is 5.30. The Morgan fingerprint density at radius 3 is 2.63 bits per heavy atom. The van der Waals surface area contributed by atoms with Crippen LogP contribution in [0.25, 0.3) is 0 Å². The van der Waals surface area contributed by atoms with E-state index in [0.29, 0.717) is 31.1 Å². The minimum atomic E-state index is -0.966. The van der Waals surface area contributed by atoms with E-state index in [1.54, 1.807) is 12.1 Å². The van der Waals surface area contributed by atoms with Crippen LogP contribution in [0.3, 0.4) is 0 Å². The number of hydrogen-bond acceptors (Lipinski definition) is 4. The van der Waals surface area contributed by atoms with Gasteiger partial charge in [0.25, 0.3) is 0 Å². The number of carbonyl (C=O) groups is 1. The molecule has 106 valence electrons. The van der Waals surface area contributed by atoms with E-state index in [2.05, 4.69) is 0 Å². The smallest absolute Gasteiger partial charge is 0.344 e. The third kappa shape index (κ3) is 4.44. The van der Waals surface area contributed by atoms with Gasteiger partial charge in [0.1, 0.15) is 0 Å². The Morgan fingerprint density at radius 1 is 1.37 bits per heavy atom. The summed E-state index contributed by atoms with van der Waals surface area (Å²) >= 11 is 0. The molecule has 1 rings (SSSR count). The molecule has 0 amide bonds. The lowest BCUT2D eigenvalue weighted by molar-refractivity contribution is -0.145. The summed E-state index contributed by atoms with van der Waals surface area (Å²) in [7, 11) is 0. The summed E-state index contributed by atoms with van der Waals surface area (Å²) in [5, 5.41) is 9.10. The van der Waals surface area contributed by atoms with Gasteiger partial charge in [0.15, 0.2) is 17.6 Å². The van der Waals surface area contributed by atoms with Crippen molar-refractivity contribution in [2.24, 2.45) is 5.73 Å². The normalized spacial score (nSPS) is 11.9. The highest BCUT2D eigenvalue weighted by Crippen LogP contribution is 2.30. The summed E-state index contributed by atoms with van der Waals surface area (Å²) in [4.78, 5) is 11.1. The van der Waals surface area contributed by atoms with E-state index < -0.39 is 12.1 Å². The van der Waals surface area contributed by atoms with Gasteiger partial charge in [0, 0.05) is 6.54 Å². The summed E-state index contributed by atoms with van der Waals surface area (Å²) in [5.74, 6) is 0.0138. The van der Waals surface area contributed by atoms with Gasteiger partial charge >= 0.3 is 5.97 Å². The molecule has 1 aromatic rings. The van der Waals surface area contributed by atoms with E-state index in [1.807, 2.05) is 19.9 Å². The van der Waals surface area contributed by atoms with Gasteiger partial charge < -0.3 is 20.3 Å². The predicted octanol–water partition coefficient (Wildman–Crippen LogP) is 2.18. The largest absolute Gasteiger partial charge is 0.490 e. The Morgan fingerprint density at radius 2 is 2.11 bits per heavy atom. The zero-order valence-electron chi connectivity index (χ0n) is 11.4. The molecule has 0 aliphatic carbocycles. The summed E-state index contributed by atoms with van der Waals surface area (Å²) in [6.07, 6.45) is 0.342. The van der Waals surface area contributed by atoms with Crippen molar-refractivity contribution in [1.29, 1.82) is 0 Å². The van der Waals surface area contributed by atoms with Gasteiger partial charge in [-0.05, 0) is 31.0 Å². The molecular formula is C14H21NO4. The number of carboxylic acids is 1. The summed E-state index contributed by atoms with van der Waals surface area (Å²) < 4.78 is 11.0.